The minimum absolute atomic E-state index is 0.00317. The van der Waals surface area contributed by atoms with Crippen LogP contribution in [0.2, 0.25) is 10.0 Å². The summed E-state index contributed by atoms with van der Waals surface area (Å²) in [6.07, 6.45) is 6.02. The average Bonchev–Trinajstić information content (AvgIpc) is 3.06. The maximum Gasteiger partial charge on any atom is 0.254 e. The summed E-state index contributed by atoms with van der Waals surface area (Å²) in [5.74, 6) is 0.160. The van der Waals surface area contributed by atoms with Crippen LogP contribution >= 0.6 is 23.2 Å². The predicted molar refractivity (Wildman–Crippen MR) is 189 cm³/mol. The van der Waals surface area contributed by atoms with Crippen molar-refractivity contribution in [2.24, 2.45) is 0 Å². The molecule has 3 atom stereocenters. The lowest BCUT2D eigenvalue weighted by Gasteiger charge is -2.34. The Kier molecular flexibility index (Phi) is 11.3. The molecule has 0 bridgehead atoms. The fourth-order valence-corrected chi connectivity index (χ4v) is 8.17. The normalized spacial score (nSPS) is 16.1. The lowest BCUT2D eigenvalue weighted by molar-refractivity contribution is 0.0783. The first-order valence-corrected chi connectivity index (χ1v) is 19.1. The summed E-state index contributed by atoms with van der Waals surface area (Å²) in [7, 11) is -0.479. The van der Waals surface area contributed by atoms with Gasteiger partial charge in [-0.1, -0.05) is 59.6 Å². The number of hydrogen-bond acceptors (Lipinski definition) is 5. The Morgan fingerprint density at radius 2 is 1.72 bits per heavy atom. The van der Waals surface area contributed by atoms with Gasteiger partial charge >= 0.3 is 0 Å². The Balaban J connectivity index is 1.30. The molecule has 6 nitrogen and oxygen atoms in total. The minimum Gasteiger partial charge on any atom is -0.341 e. The van der Waals surface area contributed by atoms with Crippen LogP contribution in [0.25, 0.3) is 10.8 Å². The fraction of sp³-hybridized carbons (Fsp3) is 0.333. The van der Waals surface area contributed by atoms with E-state index in [1.807, 2.05) is 54.6 Å². The van der Waals surface area contributed by atoms with E-state index in [4.69, 9.17) is 23.2 Å². The van der Waals surface area contributed by atoms with Crippen molar-refractivity contribution in [2.45, 2.75) is 40.9 Å². The van der Waals surface area contributed by atoms with Gasteiger partial charge in [0, 0.05) is 58.2 Å². The summed E-state index contributed by atoms with van der Waals surface area (Å²) in [6.45, 7) is 3.11. The SMILES string of the molecule is CN(C[C@@H](CCN1CCC(c2ccc(S(C)=O)cc2S(C)=O)CC1)c1ccc(Cl)c(Cl)c1)C(=O)c1cc(C#N)cc2ccccc12. The van der Waals surface area contributed by atoms with Gasteiger partial charge in [0.1, 0.15) is 0 Å². The maximum absolute atomic E-state index is 13.8. The largest absolute Gasteiger partial charge is 0.341 e. The van der Waals surface area contributed by atoms with E-state index < -0.39 is 21.6 Å². The van der Waals surface area contributed by atoms with Gasteiger partial charge in [0.2, 0.25) is 0 Å². The third kappa shape index (κ3) is 7.90. The summed E-state index contributed by atoms with van der Waals surface area (Å²) in [6, 6.07) is 24.7. The zero-order chi connectivity index (χ0) is 33.0. The highest BCUT2D eigenvalue weighted by Gasteiger charge is 2.26. The van der Waals surface area contributed by atoms with Gasteiger partial charge in [0.25, 0.3) is 5.91 Å². The van der Waals surface area contributed by atoms with Crippen molar-refractivity contribution in [2.75, 3.05) is 45.7 Å². The highest BCUT2D eigenvalue weighted by atomic mass is 35.5. The van der Waals surface area contributed by atoms with E-state index in [9.17, 15) is 18.5 Å². The first-order valence-electron chi connectivity index (χ1n) is 15.2. The van der Waals surface area contributed by atoms with Crippen molar-refractivity contribution in [3.63, 3.8) is 0 Å². The molecule has 2 unspecified atom stereocenters. The molecule has 0 radical (unpaired) electrons. The number of nitriles is 1. The van der Waals surface area contributed by atoms with Crippen LogP contribution < -0.4 is 0 Å². The molecule has 5 rings (SSSR count). The van der Waals surface area contributed by atoms with E-state index in [1.165, 1.54) is 0 Å². The topological polar surface area (TPSA) is 81.5 Å². The fourth-order valence-electron chi connectivity index (χ4n) is 6.39. The lowest BCUT2D eigenvalue weighted by atomic mass is 9.88. The number of amides is 1. The maximum atomic E-state index is 13.8. The van der Waals surface area contributed by atoms with Gasteiger partial charge in [-0.05, 0) is 103 Å². The van der Waals surface area contributed by atoms with Gasteiger partial charge in [-0.25, -0.2) is 0 Å². The van der Waals surface area contributed by atoms with Crippen molar-refractivity contribution in [1.29, 1.82) is 5.26 Å². The summed E-state index contributed by atoms with van der Waals surface area (Å²) < 4.78 is 24.6. The minimum atomic E-state index is -1.16. The molecule has 0 N–H and O–H groups in total. The molecule has 1 saturated heterocycles. The van der Waals surface area contributed by atoms with E-state index in [1.54, 1.807) is 42.7 Å². The summed E-state index contributed by atoms with van der Waals surface area (Å²) in [5.41, 5.74) is 3.07. The predicted octanol–water partition coefficient (Wildman–Crippen LogP) is 7.62. The molecule has 1 aliphatic heterocycles. The molecule has 1 fully saturated rings. The third-order valence-corrected chi connectivity index (χ3v) is 11.6. The first-order chi connectivity index (χ1) is 22.0. The molecular weight excluding hydrogens is 657 g/mol. The zero-order valence-corrected chi connectivity index (χ0v) is 29.3. The Morgan fingerprint density at radius 1 is 0.978 bits per heavy atom. The second-order valence-corrected chi connectivity index (χ2v) is 15.5. The molecular formula is C36H37Cl2N3O3S2. The summed E-state index contributed by atoms with van der Waals surface area (Å²) in [4.78, 5) is 19.5. The van der Waals surface area contributed by atoms with Gasteiger partial charge in [0.05, 0.1) is 32.5 Å². The molecule has 1 heterocycles. The Labute approximate surface area is 286 Å². The van der Waals surface area contributed by atoms with Crippen LogP contribution in [0.15, 0.2) is 82.6 Å². The number of fused-ring (bicyclic) bond motifs is 1. The number of carbonyl (C=O) groups excluding carboxylic acids is 1. The van der Waals surface area contributed by atoms with Gasteiger partial charge in [-0.3, -0.25) is 13.2 Å². The van der Waals surface area contributed by atoms with E-state index in [0.29, 0.717) is 38.5 Å². The number of hydrogen-bond donors (Lipinski definition) is 0. The Morgan fingerprint density at radius 3 is 2.39 bits per heavy atom. The summed E-state index contributed by atoms with van der Waals surface area (Å²) in [5, 5.41) is 12.2. The highest BCUT2D eigenvalue weighted by Crippen LogP contribution is 2.34. The van der Waals surface area contributed by atoms with Gasteiger partial charge in [-0.15, -0.1) is 0 Å². The molecule has 0 aliphatic carbocycles. The van der Waals surface area contributed by atoms with Crippen molar-refractivity contribution in [3.05, 3.63) is 105 Å². The molecule has 4 aromatic rings. The third-order valence-electron chi connectivity index (χ3n) is 8.93. The number of nitrogens with zero attached hydrogens (tertiary/aromatic N) is 3. The van der Waals surface area contributed by atoms with E-state index in [-0.39, 0.29) is 11.8 Å². The number of likely N-dealkylation sites (N-methyl/N-ethyl adjacent to an activating group) is 1. The number of likely N-dealkylation sites (tertiary alicyclic amines) is 1. The smallest absolute Gasteiger partial charge is 0.254 e. The second-order valence-electron chi connectivity index (χ2n) is 11.9. The van der Waals surface area contributed by atoms with Crippen LogP contribution in [-0.4, -0.2) is 69.9 Å². The molecule has 1 aliphatic rings. The van der Waals surface area contributed by atoms with Crippen molar-refractivity contribution in [1.82, 2.24) is 9.80 Å². The first kappa shape index (κ1) is 34.3. The van der Waals surface area contributed by atoms with Crippen molar-refractivity contribution in [3.8, 4) is 6.07 Å². The van der Waals surface area contributed by atoms with Gasteiger partial charge < -0.3 is 9.80 Å². The standard InChI is InChI=1S/C36H37Cl2N3O3S2/c1-40(36(42)32-19-24(22-39)18-27-6-4-5-7-30(27)32)23-28(26-8-11-33(37)34(38)20-26)14-17-41-15-12-25(13-16-41)31-10-9-29(45(2)43)21-35(31)46(3)44/h4-11,18-21,25,28H,12-17,23H2,1-3H3/t28-,45?,46?/m1/s1. The number of rotatable bonds is 10. The van der Waals surface area contributed by atoms with Gasteiger partial charge in [-0.2, -0.15) is 5.26 Å². The molecule has 240 valence electrons. The Hall–Kier alpha value is -3.06. The quantitative estimate of drug-likeness (QED) is 0.171. The molecule has 0 spiro atoms. The summed E-state index contributed by atoms with van der Waals surface area (Å²) >= 11 is 12.7. The van der Waals surface area contributed by atoms with Crippen LogP contribution in [0.4, 0.5) is 0 Å². The molecule has 46 heavy (non-hydrogen) atoms. The zero-order valence-electron chi connectivity index (χ0n) is 26.2. The molecule has 4 aromatic carbocycles. The molecule has 1 amide bonds. The van der Waals surface area contributed by atoms with E-state index in [2.05, 4.69) is 11.0 Å². The van der Waals surface area contributed by atoms with Crippen LogP contribution in [0.1, 0.15) is 58.1 Å². The molecule has 10 heteroatoms. The van der Waals surface area contributed by atoms with Gasteiger partial charge in [0.15, 0.2) is 0 Å². The number of carbonyl (C=O) groups is 1. The number of piperidine rings is 1. The van der Waals surface area contributed by atoms with E-state index >= 15 is 0 Å². The lowest BCUT2D eigenvalue weighted by Crippen LogP contribution is -2.36. The molecule has 0 aromatic heterocycles. The second kappa shape index (κ2) is 15.2. The van der Waals surface area contributed by atoms with Crippen LogP contribution in [-0.2, 0) is 21.6 Å². The number of benzene rings is 4. The van der Waals surface area contributed by atoms with Crippen molar-refractivity contribution < 1.29 is 13.2 Å². The average molecular weight is 695 g/mol. The van der Waals surface area contributed by atoms with Crippen molar-refractivity contribution >= 4 is 61.5 Å². The van der Waals surface area contributed by atoms with E-state index in [0.717, 1.165) is 65.7 Å². The highest BCUT2D eigenvalue weighted by molar-refractivity contribution is 7.85. The Bertz CT molecular complexity index is 1850. The number of halogens is 2. The van der Waals surface area contributed by atoms with Crippen LogP contribution in [0, 0.1) is 11.3 Å². The monoisotopic (exact) mass is 693 g/mol. The van der Waals surface area contributed by atoms with Crippen LogP contribution in [0.5, 0.6) is 0 Å². The molecule has 0 saturated carbocycles. The van der Waals surface area contributed by atoms with Crippen LogP contribution in [0.3, 0.4) is 0 Å².